The summed E-state index contributed by atoms with van der Waals surface area (Å²) in [4.78, 5) is 16.5. The van der Waals surface area contributed by atoms with Gasteiger partial charge >= 0.3 is 5.97 Å². The molecule has 0 saturated heterocycles. The third-order valence-electron chi connectivity index (χ3n) is 3.98. The molecule has 156 valence electrons. The summed E-state index contributed by atoms with van der Waals surface area (Å²) in [5, 5.41) is 0. The number of hydrogen-bond donors (Lipinski definition) is 1. The molecule has 0 spiro atoms. The largest absolute Gasteiger partial charge is 0.457 e. The van der Waals surface area contributed by atoms with E-state index in [4.69, 9.17) is 9.47 Å². The lowest BCUT2D eigenvalue weighted by molar-refractivity contribution is 0.0470. The summed E-state index contributed by atoms with van der Waals surface area (Å²) in [6.45, 7) is 3.47. The third-order valence-corrected chi connectivity index (χ3v) is 5.66. The van der Waals surface area contributed by atoms with E-state index in [1.165, 1.54) is 24.3 Å². The van der Waals surface area contributed by atoms with Gasteiger partial charge in [0, 0.05) is 17.8 Å². The predicted octanol–water partition coefficient (Wildman–Crippen LogP) is 3.92. The van der Waals surface area contributed by atoms with Crippen LogP contribution in [-0.4, -0.2) is 25.4 Å². The highest BCUT2D eigenvalue weighted by molar-refractivity contribution is 7.89. The van der Waals surface area contributed by atoms with Crippen LogP contribution in [0.15, 0.2) is 78.0 Å². The van der Waals surface area contributed by atoms with E-state index < -0.39 is 16.0 Å². The molecule has 0 unspecified atom stereocenters. The minimum Gasteiger partial charge on any atom is -0.457 e. The quantitative estimate of drug-likeness (QED) is 0.549. The van der Waals surface area contributed by atoms with E-state index in [-0.39, 0.29) is 23.1 Å². The Kier molecular flexibility index (Phi) is 6.81. The van der Waals surface area contributed by atoms with Crippen LogP contribution in [0.2, 0.25) is 0 Å². The molecule has 0 amide bonds. The highest BCUT2D eigenvalue weighted by atomic mass is 32.2. The van der Waals surface area contributed by atoms with Gasteiger partial charge in [0.1, 0.15) is 18.1 Å². The molecule has 1 N–H and O–H groups in total. The molecule has 0 aliphatic rings. The topological polar surface area (TPSA) is 94.6 Å². The van der Waals surface area contributed by atoms with Crippen LogP contribution in [0.4, 0.5) is 0 Å². The number of benzene rings is 2. The Morgan fingerprint density at radius 3 is 2.43 bits per heavy atom. The van der Waals surface area contributed by atoms with Gasteiger partial charge in [-0.3, -0.25) is 4.98 Å². The number of sulfonamides is 1. The molecule has 3 aromatic rings. The minimum atomic E-state index is -3.62. The van der Waals surface area contributed by atoms with E-state index in [1.54, 1.807) is 50.5 Å². The Hall–Kier alpha value is -3.23. The molecule has 2 aromatic carbocycles. The molecule has 3 rings (SSSR count). The lowest BCUT2D eigenvalue weighted by Crippen LogP contribution is -2.30. The maximum Gasteiger partial charge on any atom is 0.338 e. The van der Waals surface area contributed by atoms with Gasteiger partial charge in [-0.1, -0.05) is 18.2 Å². The highest BCUT2D eigenvalue weighted by Gasteiger charge is 2.17. The normalized spacial score (nSPS) is 11.3. The lowest BCUT2D eigenvalue weighted by atomic mass is 10.2. The van der Waals surface area contributed by atoms with Crippen LogP contribution < -0.4 is 9.46 Å². The van der Waals surface area contributed by atoms with E-state index in [2.05, 4.69) is 9.71 Å². The van der Waals surface area contributed by atoms with Gasteiger partial charge in [0.05, 0.1) is 16.7 Å². The van der Waals surface area contributed by atoms with Crippen molar-refractivity contribution in [3.63, 3.8) is 0 Å². The Labute approximate surface area is 175 Å². The number of carbonyl (C=O) groups is 1. The molecule has 0 aliphatic heterocycles. The summed E-state index contributed by atoms with van der Waals surface area (Å²) < 4.78 is 38.0. The maximum absolute atomic E-state index is 12.4. The number of nitrogens with zero attached hydrogens (tertiary/aromatic N) is 1. The second-order valence-electron chi connectivity index (χ2n) is 6.78. The fraction of sp³-hybridized carbons (Fsp3) is 0.182. The Bertz CT molecular complexity index is 1100. The van der Waals surface area contributed by atoms with E-state index in [0.717, 1.165) is 0 Å². The van der Waals surface area contributed by atoms with Crippen molar-refractivity contribution >= 4 is 16.0 Å². The van der Waals surface area contributed by atoms with Crippen LogP contribution in [0.1, 0.15) is 29.8 Å². The zero-order chi connectivity index (χ0) is 21.6. The maximum atomic E-state index is 12.4. The molecule has 0 fully saturated rings. The summed E-state index contributed by atoms with van der Waals surface area (Å²) in [5.74, 6) is 0.564. The van der Waals surface area contributed by atoms with Crippen LogP contribution in [0.5, 0.6) is 11.5 Å². The smallest absolute Gasteiger partial charge is 0.338 e. The number of carbonyl (C=O) groups excluding carboxylic acids is 1. The van der Waals surface area contributed by atoms with E-state index in [0.29, 0.717) is 17.1 Å². The van der Waals surface area contributed by atoms with E-state index >= 15 is 0 Å². The Morgan fingerprint density at radius 2 is 1.77 bits per heavy atom. The van der Waals surface area contributed by atoms with Crippen molar-refractivity contribution in [2.45, 2.75) is 31.4 Å². The molecule has 1 aromatic heterocycles. The summed E-state index contributed by atoms with van der Waals surface area (Å²) >= 11 is 0. The van der Waals surface area contributed by atoms with Crippen molar-refractivity contribution in [2.75, 3.05) is 0 Å². The zero-order valence-electron chi connectivity index (χ0n) is 16.6. The number of esters is 1. The third kappa shape index (κ3) is 5.65. The number of ether oxygens (including phenoxy) is 2. The summed E-state index contributed by atoms with van der Waals surface area (Å²) in [6, 6.07) is 16.1. The summed E-state index contributed by atoms with van der Waals surface area (Å²) in [5.41, 5.74) is 0.944. The lowest BCUT2D eigenvalue weighted by Gasteiger charge is -2.12. The predicted molar refractivity (Wildman–Crippen MR) is 112 cm³/mol. The summed E-state index contributed by atoms with van der Waals surface area (Å²) in [6.07, 6.45) is 3.24. The van der Waals surface area contributed by atoms with Gasteiger partial charge in [-0.2, -0.15) is 0 Å². The molecule has 7 nitrogen and oxygen atoms in total. The number of rotatable bonds is 8. The van der Waals surface area contributed by atoms with Crippen LogP contribution >= 0.6 is 0 Å². The first-order chi connectivity index (χ1) is 14.3. The fourth-order valence-electron chi connectivity index (χ4n) is 2.63. The molecular formula is C22H22N2O5S. The van der Waals surface area contributed by atoms with Gasteiger partial charge in [-0.25, -0.2) is 17.9 Å². The van der Waals surface area contributed by atoms with Crippen LogP contribution in [-0.2, 0) is 21.4 Å². The molecule has 1 heterocycles. The first-order valence-corrected chi connectivity index (χ1v) is 10.8. The van der Waals surface area contributed by atoms with Crippen molar-refractivity contribution in [3.05, 3.63) is 84.2 Å². The fourth-order valence-corrected chi connectivity index (χ4v) is 3.88. The number of hydrogen-bond acceptors (Lipinski definition) is 6. The van der Waals surface area contributed by atoms with Crippen molar-refractivity contribution in [1.82, 2.24) is 9.71 Å². The van der Waals surface area contributed by atoms with Crippen LogP contribution in [0.3, 0.4) is 0 Å². The molecule has 0 saturated carbocycles. The van der Waals surface area contributed by atoms with Gasteiger partial charge in [0.2, 0.25) is 10.0 Å². The number of para-hydroxylation sites is 1. The monoisotopic (exact) mass is 426 g/mol. The average molecular weight is 426 g/mol. The number of pyridine rings is 1. The second-order valence-corrected chi connectivity index (χ2v) is 8.49. The Morgan fingerprint density at radius 1 is 1.03 bits per heavy atom. The minimum absolute atomic E-state index is 0.00419. The van der Waals surface area contributed by atoms with Crippen LogP contribution in [0.25, 0.3) is 0 Å². The van der Waals surface area contributed by atoms with Gasteiger partial charge in [-0.05, 0) is 56.3 Å². The molecular weight excluding hydrogens is 404 g/mol. The molecule has 0 aliphatic carbocycles. The van der Waals surface area contributed by atoms with Gasteiger partial charge in [-0.15, -0.1) is 0 Å². The van der Waals surface area contributed by atoms with Gasteiger partial charge < -0.3 is 9.47 Å². The first kappa shape index (κ1) is 21.5. The SMILES string of the molecule is CC(C)NS(=O)(=O)c1ccc(C(=O)OCc2ccccc2Oc2cccnc2)cc1. The van der Waals surface area contributed by atoms with Gasteiger partial charge in [0.15, 0.2) is 0 Å². The summed E-state index contributed by atoms with van der Waals surface area (Å²) in [7, 11) is -3.62. The second kappa shape index (κ2) is 9.51. The molecule has 0 atom stereocenters. The van der Waals surface area contributed by atoms with Crippen molar-refractivity contribution in [3.8, 4) is 11.5 Å². The van der Waals surface area contributed by atoms with E-state index in [9.17, 15) is 13.2 Å². The van der Waals surface area contributed by atoms with Crippen molar-refractivity contribution in [2.24, 2.45) is 0 Å². The number of aromatic nitrogens is 1. The molecule has 0 radical (unpaired) electrons. The molecule has 8 heteroatoms. The first-order valence-electron chi connectivity index (χ1n) is 9.30. The number of nitrogens with one attached hydrogen (secondary N) is 1. The van der Waals surface area contributed by atoms with Crippen molar-refractivity contribution in [1.29, 1.82) is 0 Å². The molecule has 30 heavy (non-hydrogen) atoms. The van der Waals surface area contributed by atoms with E-state index in [1.807, 2.05) is 12.1 Å². The molecule has 0 bridgehead atoms. The standard InChI is InChI=1S/C22H22N2O5S/c1-16(2)24-30(26,27)20-11-9-17(10-12-20)22(25)28-15-18-6-3-4-8-21(18)29-19-7-5-13-23-14-19/h3-14,16,24H,15H2,1-2H3. The Balaban J connectivity index is 1.66. The van der Waals surface area contributed by atoms with Gasteiger partial charge in [0.25, 0.3) is 0 Å². The average Bonchev–Trinajstić information content (AvgIpc) is 2.73. The van der Waals surface area contributed by atoms with Crippen molar-refractivity contribution < 1.29 is 22.7 Å². The highest BCUT2D eigenvalue weighted by Crippen LogP contribution is 2.25. The van der Waals surface area contributed by atoms with Crippen LogP contribution in [0, 0.1) is 0 Å². The zero-order valence-corrected chi connectivity index (χ0v) is 17.4.